The van der Waals surface area contributed by atoms with E-state index < -0.39 is 17.6 Å². The van der Waals surface area contributed by atoms with E-state index in [1.54, 1.807) is 37.3 Å². The largest absolute Gasteiger partial charge is 0.494 e. The number of rotatable bonds is 5. The van der Waals surface area contributed by atoms with E-state index in [9.17, 15) is 18.0 Å². The number of aromatic amines is 1. The van der Waals surface area contributed by atoms with Crippen LogP contribution >= 0.6 is 12.2 Å². The quantitative estimate of drug-likeness (QED) is 0.399. The number of nitrogens with two attached hydrogens (primary N) is 1. The van der Waals surface area contributed by atoms with E-state index >= 15 is 0 Å². The summed E-state index contributed by atoms with van der Waals surface area (Å²) in [5, 5.41) is 0. The third kappa shape index (κ3) is 4.31. The summed E-state index contributed by atoms with van der Waals surface area (Å²) in [5.74, 6) is -0.0366. The topological polar surface area (TPSA) is 98.8 Å². The summed E-state index contributed by atoms with van der Waals surface area (Å²) in [6.45, 7) is 3.90. The Morgan fingerprint density at radius 2 is 1.88 bits per heavy atom. The number of halogens is 3. The molecule has 0 unspecified atom stereocenters. The number of aryl methyl sites for hydroxylation is 1. The van der Waals surface area contributed by atoms with E-state index in [0.29, 0.717) is 23.5 Å². The predicted octanol–water partition coefficient (Wildman–Crippen LogP) is 4.97. The lowest BCUT2D eigenvalue weighted by Gasteiger charge is -2.12. The van der Waals surface area contributed by atoms with Crippen LogP contribution in [0.3, 0.4) is 0 Å². The van der Waals surface area contributed by atoms with Crippen molar-refractivity contribution < 1.29 is 22.7 Å². The summed E-state index contributed by atoms with van der Waals surface area (Å²) in [6.07, 6.45) is -4.55. The maximum absolute atomic E-state index is 13.4. The fourth-order valence-electron chi connectivity index (χ4n) is 3.45. The van der Waals surface area contributed by atoms with Crippen molar-refractivity contribution in [3.63, 3.8) is 0 Å². The average molecular weight is 473 g/mol. The molecule has 0 radical (unpaired) electrons. The fourth-order valence-corrected chi connectivity index (χ4v) is 3.75. The van der Waals surface area contributed by atoms with Gasteiger partial charge in [-0.05, 0) is 74.1 Å². The monoisotopic (exact) mass is 473 g/mol. The van der Waals surface area contributed by atoms with Crippen LogP contribution in [0, 0.1) is 11.7 Å². The van der Waals surface area contributed by atoms with E-state index in [-0.39, 0.29) is 33.1 Å². The minimum absolute atomic E-state index is 0.0457. The second-order valence-electron chi connectivity index (χ2n) is 7.24. The highest BCUT2D eigenvalue weighted by atomic mass is 32.1. The van der Waals surface area contributed by atoms with Gasteiger partial charge in [0, 0.05) is 5.56 Å². The Bertz CT molecular complexity index is 1430. The molecular weight excluding hydrogens is 455 g/mol. The van der Waals surface area contributed by atoms with E-state index in [0.717, 1.165) is 12.1 Å². The van der Waals surface area contributed by atoms with Gasteiger partial charge in [-0.15, -0.1) is 0 Å². The Morgan fingerprint density at radius 1 is 1.18 bits per heavy atom. The van der Waals surface area contributed by atoms with Gasteiger partial charge in [-0.3, -0.25) is 9.36 Å². The molecule has 0 aliphatic heterocycles. The number of nitrogens with one attached hydrogen (secondary N) is 1. The van der Waals surface area contributed by atoms with Gasteiger partial charge in [-0.25, -0.2) is 9.97 Å². The fraction of sp³-hybridized carbons (Fsp3) is 0.182. The third-order valence-electron chi connectivity index (χ3n) is 4.84. The molecule has 0 aliphatic rings. The van der Waals surface area contributed by atoms with E-state index in [1.165, 1.54) is 4.57 Å². The van der Waals surface area contributed by atoms with Crippen LogP contribution in [0.15, 0.2) is 42.5 Å². The van der Waals surface area contributed by atoms with E-state index in [1.807, 2.05) is 6.92 Å². The lowest BCUT2D eigenvalue weighted by atomic mass is 10.1. The van der Waals surface area contributed by atoms with Crippen LogP contribution in [0.2, 0.25) is 0 Å². The molecule has 4 aromatic rings. The lowest BCUT2D eigenvalue weighted by Crippen LogP contribution is -2.15. The number of H-pyrrole nitrogens is 1. The van der Waals surface area contributed by atoms with Gasteiger partial charge in [0.15, 0.2) is 21.9 Å². The molecule has 170 valence electrons. The van der Waals surface area contributed by atoms with Gasteiger partial charge in [0.2, 0.25) is 0 Å². The smallest absolute Gasteiger partial charge is 0.416 e. The third-order valence-corrected chi connectivity index (χ3v) is 5.13. The van der Waals surface area contributed by atoms with E-state index in [4.69, 9.17) is 22.7 Å². The van der Waals surface area contributed by atoms with Crippen molar-refractivity contribution in [1.29, 1.82) is 0 Å². The number of alkyl halides is 3. The SMILES string of the molecule is CCOc1ccc(-c2nc(C(N)=O)c3[nH]c(=S)n(-c4cc(C)cc(C(F)(F)F)c4)c3n2)cc1. The standard InChI is InChI=1S/C22H18F3N5O2S/c1-3-32-15-6-4-12(5-7-15)19-27-16(18(26)31)17-20(29-19)30(21(33)28-17)14-9-11(2)8-13(10-14)22(23,24)25/h4-10H,3H2,1-2H3,(H2,26,31)(H,28,33). The molecule has 0 bridgehead atoms. The van der Waals surface area contributed by atoms with Gasteiger partial charge in [0.05, 0.1) is 17.9 Å². The van der Waals surface area contributed by atoms with Crippen molar-refractivity contribution in [3.05, 3.63) is 64.1 Å². The second kappa shape index (κ2) is 8.32. The molecule has 0 saturated heterocycles. The summed E-state index contributed by atoms with van der Waals surface area (Å²) < 4.78 is 47.0. The number of carbonyl (C=O) groups excluding carboxylic acids is 1. The minimum Gasteiger partial charge on any atom is -0.494 e. The van der Waals surface area contributed by atoms with Gasteiger partial charge < -0.3 is 15.5 Å². The Hall–Kier alpha value is -3.73. The summed E-state index contributed by atoms with van der Waals surface area (Å²) >= 11 is 5.36. The number of carbonyl (C=O) groups is 1. The number of nitrogens with zero attached hydrogens (tertiary/aromatic N) is 3. The molecule has 0 saturated carbocycles. The predicted molar refractivity (Wildman–Crippen MR) is 119 cm³/mol. The molecule has 2 heterocycles. The van der Waals surface area contributed by atoms with Crippen LogP contribution < -0.4 is 10.5 Å². The van der Waals surface area contributed by atoms with Crippen molar-refractivity contribution in [3.8, 4) is 22.8 Å². The number of aromatic nitrogens is 4. The molecule has 33 heavy (non-hydrogen) atoms. The zero-order valence-electron chi connectivity index (χ0n) is 17.5. The van der Waals surface area contributed by atoms with Crippen molar-refractivity contribution in [2.75, 3.05) is 6.61 Å². The van der Waals surface area contributed by atoms with Crippen molar-refractivity contribution in [1.82, 2.24) is 19.5 Å². The molecule has 0 fully saturated rings. The Balaban J connectivity index is 1.98. The molecule has 1 amide bonds. The maximum atomic E-state index is 13.4. The molecule has 0 aliphatic carbocycles. The van der Waals surface area contributed by atoms with Crippen molar-refractivity contribution >= 4 is 29.3 Å². The number of amides is 1. The number of primary amides is 1. The van der Waals surface area contributed by atoms with Crippen LogP contribution in [-0.2, 0) is 6.18 Å². The van der Waals surface area contributed by atoms with Gasteiger partial charge in [0.25, 0.3) is 5.91 Å². The van der Waals surface area contributed by atoms with Gasteiger partial charge >= 0.3 is 6.18 Å². The van der Waals surface area contributed by atoms with Crippen molar-refractivity contribution in [2.24, 2.45) is 5.73 Å². The van der Waals surface area contributed by atoms with Gasteiger partial charge in [0.1, 0.15) is 11.3 Å². The highest BCUT2D eigenvalue weighted by Crippen LogP contribution is 2.33. The van der Waals surface area contributed by atoms with Crippen molar-refractivity contribution in [2.45, 2.75) is 20.0 Å². The highest BCUT2D eigenvalue weighted by Gasteiger charge is 2.31. The first-order valence-corrected chi connectivity index (χ1v) is 10.2. The number of benzene rings is 2. The van der Waals surface area contributed by atoms with Crippen LogP contribution in [0.1, 0.15) is 28.5 Å². The lowest BCUT2D eigenvalue weighted by molar-refractivity contribution is -0.137. The number of ether oxygens (including phenoxy) is 1. The molecule has 2 aromatic heterocycles. The molecule has 4 rings (SSSR count). The molecule has 3 N–H and O–H groups in total. The first kappa shape index (κ1) is 22.5. The Kier molecular flexibility index (Phi) is 5.66. The van der Waals surface area contributed by atoms with Crippen LogP contribution in [-0.4, -0.2) is 32.0 Å². The van der Waals surface area contributed by atoms with E-state index in [2.05, 4.69) is 15.0 Å². The second-order valence-corrected chi connectivity index (χ2v) is 7.62. The first-order valence-electron chi connectivity index (χ1n) is 9.83. The molecule has 7 nitrogen and oxygen atoms in total. The van der Waals surface area contributed by atoms with Gasteiger partial charge in [-0.1, -0.05) is 0 Å². The molecule has 0 atom stereocenters. The summed E-state index contributed by atoms with van der Waals surface area (Å²) in [7, 11) is 0. The zero-order chi connectivity index (χ0) is 23.9. The number of fused-ring (bicyclic) bond motifs is 1. The minimum atomic E-state index is -4.55. The maximum Gasteiger partial charge on any atom is 0.416 e. The molecule has 2 aromatic carbocycles. The summed E-state index contributed by atoms with van der Waals surface area (Å²) in [6, 6.07) is 10.4. The normalized spacial score (nSPS) is 11.7. The molecule has 0 spiro atoms. The Morgan fingerprint density at radius 3 is 2.48 bits per heavy atom. The molecule has 11 heteroatoms. The number of hydrogen-bond acceptors (Lipinski definition) is 5. The van der Waals surface area contributed by atoms with Crippen LogP contribution in [0.25, 0.3) is 28.2 Å². The highest BCUT2D eigenvalue weighted by molar-refractivity contribution is 7.71. The Labute approximate surface area is 191 Å². The number of imidazole rings is 1. The van der Waals surface area contributed by atoms with Crippen LogP contribution in [0.4, 0.5) is 13.2 Å². The van der Waals surface area contributed by atoms with Crippen LogP contribution in [0.5, 0.6) is 5.75 Å². The number of hydrogen-bond donors (Lipinski definition) is 2. The average Bonchev–Trinajstić information content (AvgIpc) is 3.08. The first-order chi connectivity index (χ1) is 15.6. The summed E-state index contributed by atoms with van der Waals surface area (Å²) in [4.78, 5) is 23.7. The van der Waals surface area contributed by atoms with Gasteiger partial charge in [-0.2, -0.15) is 13.2 Å². The molecular formula is C22H18F3N5O2S. The zero-order valence-corrected chi connectivity index (χ0v) is 18.3. The summed E-state index contributed by atoms with van der Waals surface area (Å²) in [5.41, 5.74) is 5.93.